The first-order valence-corrected chi connectivity index (χ1v) is 12.4. The Morgan fingerprint density at radius 1 is 0.914 bits per heavy atom. The molecular formula is C27H22Br2N2O4. The molecule has 4 rings (SSSR count). The first-order valence-electron chi connectivity index (χ1n) is 10.8. The molecule has 0 unspecified atom stereocenters. The zero-order chi connectivity index (χ0) is 25.3. The van der Waals surface area contributed by atoms with Crippen molar-refractivity contribution in [2.45, 2.75) is 27.4 Å². The van der Waals surface area contributed by atoms with Gasteiger partial charge < -0.3 is 4.74 Å². The van der Waals surface area contributed by atoms with Crippen LogP contribution in [0.15, 0.2) is 69.1 Å². The van der Waals surface area contributed by atoms with Crippen molar-refractivity contribution in [1.29, 1.82) is 0 Å². The largest absolute Gasteiger partial charge is 0.487 e. The average Bonchev–Trinajstić information content (AvgIpc) is 2.78. The predicted octanol–water partition coefficient (Wildman–Crippen LogP) is 6.38. The standard InChI is InChI=1S/C27H22Br2N2O4/c1-15-5-4-6-18(9-15)14-35-24-22(28)12-19(13-23(24)29)11-21-25(32)30-27(34)31(26(21)33)20-8-7-16(2)17(3)10-20/h4-13H,14H2,1-3H3,(H,30,32,34)/b21-11+. The van der Waals surface area contributed by atoms with E-state index in [1.54, 1.807) is 24.3 Å². The summed E-state index contributed by atoms with van der Waals surface area (Å²) in [5, 5.41) is 2.26. The summed E-state index contributed by atoms with van der Waals surface area (Å²) in [7, 11) is 0. The molecule has 3 aromatic carbocycles. The first kappa shape index (κ1) is 24.9. The Morgan fingerprint density at radius 3 is 2.29 bits per heavy atom. The molecule has 6 nitrogen and oxygen atoms in total. The molecule has 8 heteroatoms. The van der Waals surface area contributed by atoms with Gasteiger partial charge in [-0.05, 0) is 105 Å². The Kier molecular flexibility index (Phi) is 7.23. The molecule has 0 saturated carbocycles. The van der Waals surface area contributed by atoms with Gasteiger partial charge in [-0.25, -0.2) is 9.69 Å². The van der Waals surface area contributed by atoms with Crippen molar-refractivity contribution in [3.05, 3.63) is 96.9 Å². The molecular weight excluding hydrogens is 576 g/mol. The summed E-state index contributed by atoms with van der Waals surface area (Å²) in [6.07, 6.45) is 1.46. The number of rotatable bonds is 5. The molecule has 3 aromatic rings. The molecule has 1 aliphatic rings. The summed E-state index contributed by atoms with van der Waals surface area (Å²) >= 11 is 7.04. The van der Waals surface area contributed by atoms with Crippen molar-refractivity contribution >= 4 is 61.5 Å². The summed E-state index contributed by atoms with van der Waals surface area (Å²) in [5.41, 5.74) is 4.99. The number of anilines is 1. The summed E-state index contributed by atoms with van der Waals surface area (Å²) in [6.45, 7) is 6.24. The monoisotopic (exact) mass is 596 g/mol. The third-order valence-corrected chi connectivity index (χ3v) is 6.83. The van der Waals surface area contributed by atoms with Crippen molar-refractivity contribution in [2.24, 2.45) is 0 Å². The fourth-order valence-corrected chi connectivity index (χ4v) is 5.13. The van der Waals surface area contributed by atoms with Crippen LogP contribution in [0.25, 0.3) is 6.08 Å². The maximum Gasteiger partial charge on any atom is 0.335 e. The van der Waals surface area contributed by atoms with E-state index in [9.17, 15) is 14.4 Å². The highest BCUT2D eigenvalue weighted by Crippen LogP contribution is 2.36. The number of imide groups is 2. The number of nitrogens with zero attached hydrogens (tertiary/aromatic N) is 1. The molecule has 1 aliphatic heterocycles. The van der Waals surface area contributed by atoms with Gasteiger partial charge in [0.05, 0.1) is 14.6 Å². The van der Waals surface area contributed by atoms with Crippen LogP contribution in [-0.4, -0.2) is 17.8 Å². The zero-order valence-corrected chi connectivity index (χ0v) is 22.5. The summed E-state index contributed by atoms with van der Waals surface area (Å²) in [4.78, 5) is 39.2. The van der Waals surface area contributed by atoms with Crippen LogP contribution in [0.4, 0.5) is 10.5 Å². The molecule has 4 amide bonds. The van der Waals surface area contributed by atoms with E-state index >= 15 is 0 Å². The number of ether oxygens (including phenoxy) is 1. The third-order valence-electron chi connectivity index (χ3n) is 5.65. The maximum atomic E-state index is 13.2. The van der Waals surface area contributed by atoms with Crippen LogP contribution in [0, 0.1) is 20.8 Å². The number of carbonyl (C=O) groups is 3. The molecule has 0 atom stereocenters. The molecule has 1 fully saturated rings. The van der Waals surface area contributed by atoms with E-state index in [0.717, 1.165) is 27.2 Å². The molecule has 0 radical (unpaired) electrons. The summed E-state index contributed by atoms with van der Waals surface area (Å²) < 4.78 is 7.29. The lowest BCUT2D eigenvalue weighted by atomic mass is 10.0. The second kappa shape index (κ2) is 10.2. The van der Waals surface area contributed by atoms with Crippen LogP contribution in [0.2, 0.25) is 0 Å². The lowest BCUT2D eigenvalue weighted by Crippen LogP contribution is -2.54. The third kappa shape index (κ3) is 5.39. The Bertz CT molecular complexity index is 1370. The fourth-order valence-electron chi connectivity index (χ4n) is 3.68. The second-order valence-electron chi connectivity index (χ2n) is 8.32. The summed E-state index contributed by atoms with van der Waals surface area (Å²) in [5.74, 6) is -0.832. The molecule has 0 spiro atoms. The SMILES string of the molecule is Cc1cccc(COc2c(Br)cc(/C=C3\C(=O)NC(=O)N(c4ccc(C)c(C)c4)C3=O)cc2Br)c1. The smallest absolute Gasteiger partial charge is 0.335 e. The highest BCUT2D eigenvalue weighted by Gasteiger charge is 2.37. The van der Waals surface area contributed by atoms with Gasteiger partial charge in [0.2, 0.25) is 0 Å². The normalized spacial score (nSPS) is 14.9. The van der Waals surface area contributed by atoms with Gasteiger partial charge in [-0.2, -0.15) is 0 Å². The number of urea groups is 1. The number of halogens is 2. The van der Waals surface area contributed by atoms with Crippen molar-refractivity contribution in [3.8, 4) is 5.75 Å². The average molecular weight is 598 g/mol. The molecule has 35 heavy (non-hydrogen) atoms. The highest BCUT2D eigenvalue weighted by molar-refractivity contribution is 9.11. The van der Waals surface area contributed by atoms with Crippen LogP contribution in [0.5, 0.6) is 5.75 Å². The molecule has 1 heterocycles. The number of benzene rings is 3. The first-order chi connectivity index (χ1) is 16.6. The van der Waals surface area contributed by atoms with Gasteiger partial charge in [0.25, 0.3) is 11.8 Å². The number of hydrogen-bond acceptors (Lipinski definition) is 4. The second-order valence-corrected chi connectivity index (χ2v) is 10.0. The van der Waals surface area contributed by atoms with Gasteiger partial charge in [0.15, 0.2) is 0 Å². The molecule has 0 aliphatic carbocycles. The van der Waals surface area contributed by atoms with Gasteiger partial charge in [0, 0.05) is 0 Å². The Labute approximate surface area is 220 Å². The molecule has 0 bridgehead atoms. The van der Waals surface area contributed by atoms with Gasteiger partial charge in [0.1, 0.15) is 17.9 Å². The fraction of sp³-hybridized carbons (Fsp3) is 0.148. The quantitative estimate of drug-likeness (QED) is 0.273. The lowest BCUT2D eigenvalue weighted by Gasteiger charge is -2.27. The topological polar surface area (TPSA) is 75.7 Å². The van der Waals surface area contributed by atoms with Crippen molar-refractivity contribution < 1.29 is 19.1 Å². The van der Waals surface area contributed by atoms with E-state index in [2.05, 4.69) is 43.2 Å². The van der Waals surface area contributed by atoms with Crippen LogP contribution in [0.1, 0.15) is 27.8 Å². The van der Waals surface area contributed by atoms with E-state index in [1.165, 1.54) is 6.08 Å². The van der Waals surface area contributed by atoms with Crippen molar-refractivity contribution in [3.63, 3.8) is 0 Å². The minimum absolute atomic E-state index is 0.143. The van der Waals surface area contributed by atoms with E-state index in [-0.39, 0.29) is 5.57 Å². The Morgan fingerprint density at radius 2 is 1.63 bits per heavy atom. The van der Waals surface area contributed by atoms with Gasteiger partial charge >= 0.3 is 6.03 Å². The molecule has 178 valence electrons. The number of barbiturate groups is 1. The highest BCUT2D eigenvalue weighted by atomic mass is 79.9. The van der Waals surface area contributed by atoms with Crippen LogP contribution in [-0.2, 0) is 16.2 Å². The number of aryl methyl sites for hydroxylation is 3. The van der Waals surface area contributed by atoms with Crippen LogP contribution < -0.4 is 15.0 Å². The van der Waals surface area contributed by atoms with E-state index in [0.29, 0.717) is 32.6 Å². The number of hydrogen-bond donors (Lipinski definition) is 1. The Balaban J connectivity index is 1.62. The lowest BCUT2D eigenvalue weighted by molar-refractivity contribution is -0.122. The van der Waals surface area contributed by atoms with Gasteiger partial charge in [-0.1, -0.05) is 35.9 Å². The van der Waals surface area contributed by atoms with E-state index < -0.39 is 17.8 Å². The number of nitrogens with one attached hydrogen (secondary N) is 1. The van der Waals surface area contributed by atoms with Gasteiger partial charge in [-0.3, -0.25) is 14.9 Å². The number of amides is 4. The number of carbonyl (C=O) groups excluding carboxylic acids is 3. The van der Waals surface area contributed by atoms with Gasteiger partial charge in [-0.15, -0.1) is 0 Å². The van der Waals surface area contributed by atoms with Crippen LogP contribution in [0.3, 0.4) is 0 Å². The van der Waals surface area contributed by atoms with E-state index in [1.807, 2.05) is 45.0 Å². The molecule has 1 N–H and O–H groups in total. The van der Waals surface area contributed by atoms with Crippen LogP contribution >= 0.6 is 31.9 Å². The minimum atomic E-state index is -0.775. The minimum Gasteiger partial charge on any atom is -0.487 e. The molecule has 0 aromatic heterocycles. The van der Waals surface area contributed by atoms with Crippen molar-refractivity contribution in [1.82, 2.24) is 5.32 Å². The zero-order valence-electron chi connectivity index (χ0n) is 19.3. The predicted molar refractivity (Wildman–Crippen MR) is 142 cm³/mol. The van der Waals surface area contributed by atoms with E-state index in [4.69, 9.17) is 4.74 Å². The molecule has 1 saturated heterocycles. The maximum absolute atomic E-state index is 13.2. The van der Waals surface area contributed by atoms with Crippen molar-refractivity contribution in [2.75, 3.05) is 4.90 Å². The summed E-state index contributed by atoms with van der Waals surface area (Å²) in [6, 6.07) is 16.0. The Hall–Kier alpha value is -3.23.